The molecule has 0 radical (unpaired) electrons. The summed E-state index contributed by atoms with van der Waals surface area (Å²) in [6.45, 7) is 3.32. The molecule has 1 aliphatic heterocycles. The number of hydrogen-bond acceptors (Lipinski definition) is 10. The highest BCUT2D eigenvalue weighted by molar-refractivity contribution is 5.70. The fourth-order valence-electron chi connectivity index (χ4n) is 5.24. The summed E-state index contributed by atoms with van der Waals surface area (Å²) >= 11 is 0. The van der Waals surface area contributed by atoms with Gasteiger partial charge in [0.15, 0.2) is 12.4 Å². The van der Waals surface area contributed by atoms with E-state index in [1.165, 1.54) is 44.9 Å². The molecule has 0 amide bonds. The fourth-order valence-corrected chi connectivity index (χ4v) is 5.24. The predicted molar refractivity (Wildman–Crippen MR) is 173 cm³/mol. The Hall–Kier alpha value is -1.56. The zero-order valence-corrected chi connectivity index (χ0v) is 28.1. The van der Waals surface area contributed by atoms with Gasteiger partial charge >= 0.3 is 11.9 Å². The summed E-state index contributed by atoms with van der Waals surface area (Å²) < 4.78 is 21.9. The number of aliphatic hydroxyl groups is 4. The van der Waals surface area contributed by atoms with Crippen molar-refractivity contribution >= 4 is 11.9 Å². The molecule has 10 heteroatoms. The summed E-state index contributed by atoms with van der Waals surface area (Å²) in [5.74, 6) is -0.824. The van der Waals surface area contributed by atoms with Crippen LogP contribution < -0.4 is 0 Å². The molecule has 6 atom stereocenters. The second-order valence-electron chi connectivity index (χ2n) is 12.3. The first-order chi connectivity index (χ1) is 21.8. The SMILES string of the molecule is CCCCCC/C=C\CCCCCCCC(=O)OC(COC(=O)CCCCCCCCC)COC1OC(CO)C(O)C(O)C1O. The van der Waals surface area contributed by atoms with E-state index in [1.807, 2.05) is 0 Å². The first kappa shape index (κ1) is 41.5. The van der Waals surface area contributed by atoms with Crippen LogP contribution in [-0.4, -0.2) is 89.0 Å². The Bertz CT molecular complexity index is 759. The van der Waals surface area contributed by atoms with Gasteiger partial charge in [0, 0.05) is 12.8 Å². The molecule has 1 saturated heterocycles. The van der Waals surface area contributed by atoms with Gasteiger partial charge < -0.3 is 39.4 Å². The molecule has 0 aliphatic carbocycles. The third kappa shape index (κ3) is 20.3. The maximum Gasteiger partial charge on any atom is 0.306 e. The monoisotopic (exact) mass is 644 g/mol. The quantitative estimate of drug-likeness (QED) is 0.0477. The molecule has 4 N–H and O–H groups in total. The molecule has 1 fully saturated rings. The highest BCUT2D eigenvalue weighted by Gasteiger charge is 2.44. The summed E-state index contributed by atoms with van der Waals surface area (Å²) in [7, 11) is 0. The van der Waals surface area contributed by atoms with Crippen LogP contribution in [0.1, 0.15) is 142 Å². The second kappa shape index (κ2) is 27.5. The van der Waals surface area contributed by atoms with Gasteiger partial charge in [-0.25, -0.2) is 0 Å². The smallest absolute Gasteiger partial charge is 0.306 e. The fraction of sp³-hybridized carbons (Fsp3) is 0.886. The lowest BCUT2D eigenvalue weighted by molar-refractivity contribution is -0.305. The highest BCUT2D eigenvalue weighted by Crippen LogP contribution is 2.22. The average Bonchev–Trinajstić information content (AvgIpc) is 3.03. The maximum atomic E-state index is 12.6. The summed E-state index contributed by atoms with van der Waals surface area (Å²) in [4.78, 5) is 24.9. The number of esters is 2. The van der Waals surface area contributed by atoms with E-state index in [0.29, 0.717) is 6.42 Å². The van der Waals surface area contributed by atoms with Gasteiger partial charge in [-0.2, -0.15) is 0 Å². The number of rotatable bonds is 28. The van der Waals surface area contributed by atoms with Gasteiger partial charge in [-0.3, -0.25) is 9.59 Å². The molecule has 1 heterocycles. The van der Waals surface area contributed by atoms with Crippen LogP contribution >= 0.6 is 0 Å². The minimum atomic E-state index is -1.59. The topological polar surface area (TPSA) is 152 Å². The molecule has 0 aromatic carbocycles. The summed E-state index contributed by atoms with van der Waals surface area (Å²) in [6.07, 6.45) is 16.7. The molecular weight excluding hydrogens is 580 g/mol. The van der Waals surface area contributed by atoms with Crippen LogP contribution in [0.3, 0.4) is 0 Å². The molecule has 10 nitrogen and oxygen atoms in total. The molecular formula is C35H64O10. The number of unbranched alkanes of at least 4 members (excludes halogenated alkanes) is 15. The first-order valence-corrected chi connectivity index (χ1v) is 17.8. The van der Waals surface area contributed by atoms with E-state index in [2.05, 4.69) is 26.0 Å². The second-order valence-corrected chi connectivity index (χ2v) is 12.3. The number of allylic oxidation sites excluding steroid dienone is 2. The zero-order chi connectivity index (χ0) is 33.1. The van der Waals surface area contributed by atoms with E-state index < -0.39 is 49.4 Å². The van der Waals surface area contributed by atoms with E-state index in [1.54, 1.807) is 0 Å². The molecule has 0 bridgehead atoms. The predicted octanol–water partition coefficient (Wildman–Crippen LogP) is 5.66. The van der Waals surface area contributed by atoms with Gasteiger partial charge in [0.05, 0.1) is 13.2 Å². The molecule has 0 aromatic heterocycles. The largest absolute Gasteiger partial charge is 0.462 e. The van der Waals surface area contributed by atoms with Crippen LogP contribution in [0, 0.1) is 0 Å². The van der Waals surface area contributed by atoms with Gasteiger partial charge in [0.25, 0.3) is 0 Å². The molecule has 1 rings (SSSR count). The van der Waals surface area contributed by atoms with E-state index >= 15 is 0 Å². The first-order valence-electron chi connectivity index (χ1n) is 17.8. The Balaban J connectivity index is 2.43. The minimum absolute atomic E-state index is 0.218. The van der Waals surface area contributed by atoms with Crippen molar-refractivity contribution in [1.29, 1.82) is 0 Å². The number of carbonyl (C=O) groups is 2. The van der Waals surface area contributed by atoms with E-state index in [-0.39, 0.29) is 32.0 Å². The normalized spacial score (nSPS) is 22.5. The van der Waals surface area contributed by atoms with Crippen molar-refractivity contribution in [3.8, 4) is 0 Å². The maximum absolute atomic E-state index is 12.6. The van der Waals surface area contributed by atoms with E-state index in [0.717, 1.165) is 64.2 Å². The number of ether oxygens (including phenoxy) is 4. The lowest BCUT2D eigenvalue weighted by atomic mass is 9.99. The van der Waals surface area contributed by atoms with Crippen LogP contribution in [0.15, 0.2) is 12.2 Å². The van der Waals surface area contributed by atoms with E-state index in [4.69, 9.17) is 18.9 Å². The summed E-state index contributed by atoms with van der Waals surface area (Å²) in [5, 5.41) is 39.7. The standard InChI is InChI=1S/C35H64O10/c1-3-5-7-9-11-12-13-14-15-16-18-20-22-24-31(38)44-28(26-42-30(37)23-21-19-17-10-8-6-4-2)27-43-35-34(41)33(40)32(39)29(25-36)45-35/h12-13,28-29,32-36,39-41H,3-11,14-27H2,1-2H3/b13-12-. The lowest BCUT2D eigenvalue weighted by Crippen LogP contribution is -2.59. The van der Waals surface area contributed by atoms with Crippen LogP contribution in [-0.2, 0) is 28.5 Å². The number of carbonyl (C=O) groups excluding carboxylic acids is 2. The van der Waals surface area contributed by atoms with Crippen molar-refractivity contribution in [2.24, 2.45) is 0 Å². The van der Waals surface area contributed by atoms with Gasteiger partial charge in [0.1, 0.15) is 31.0 Å². The zero-order valence-electron chi connectivity index (χ0n) is 28.1. The Morgan fingerprint density at radius 2 is 1.18 bits per heavy atom. The molecule has 45 heavy (non-hydrogen) atoms. The van der Waals surface area contributed by atoms with Crippen molar-refractivity contribution in [3.63, 3.8) is 0 Å². The molecule has 0 aromatic rings. The van der Waals surface area contributed by atoms with Crippen molar-refractivity contribution in [3.05, 3.63) is 12.2 Å². The lowest BCUT2D eigenvalue weighted by Gasteiger charge is -2.39. The number of aliphatic hydroxyl groups excluding tert-OH is 4. The Morgan fingerprint density at radius 3 is 1.76 bits per heavy atom. The van der Waals surface area contributed by atoms with Crippen molar-refractivity contribution in [2.75, 3.05) is 19.8 Å². The Labute approximate surface area is 271 Å². The van der Waals surface area contributed by atoms with Crippen LogP contribution in [0.4, 0.5) is 0 Å². The van der Waals surface area contributed by atoms with Gasteiger partial charge in [-0.05, 0) is 38.5 Å². The summed E-state index contributed by atoms with van der Waals surface area (Å²) in [5.41, 5.74) is 0. The van der Waals surface area contributed by atoms with Gasteiger partial charge in [-0.15, -0.1) is 0 Å². The van der Waals surface area contributed by atoms with Gasteiger partial charge in [0.2, 0.25) is 0 Å². The molecule has 0 saturated carbocycles. The minimum Gasteiger partial charge on any atom is -0.462 e. The van der Waals surface area contributed by atoms with Gasteiger partial charge in [-0.1, -0.05) is 103 Å². The Morgan fingerprint density at radius 1 is 0.667 bits per heavy atom. The van der Waals surface area contributed by atoms with Crippen molar-refractivity contribution in [1.82, 2.24) is 0 Å². The molecule has 1 aliphatic rings. The number of hydrogen-bond donors (Lipinski definition) is 4. The van der Waals surface area contributed by atoms with Crippen LogP contribution in [0.2, 0.25) is 0 Å². The van der Waals surface area contributed by atoms with Crippen molar-refractivity contribution < 1.29 is 49.0 Å². The highest BCUT2D eigenvalue weighted by atomic mass is 16.7. The van der Waals surface area contributed by atoms with Crippen LogP contribution in [0.5, 0.6) is 0 Å². The molecule has 264 valence electrons. The Kier molecular flexibility index (Phi) is 25.4. The summed E-state index contributed by atoms with van der Waals surface area (Å²) in [6, 6.07) is 0. The molecule has 6 unspecified atom stereocenters. The third-order valence-corrected chi connectivity index (χ3v) is 8.15. The molecule has 0 spiro atoms. The van der Waals surface area contributed by atoms with E-state index in [9.17, 15) is 30.0 Å². The average molecular weight is 645 g/mol. The van der Waals surface area contributed by atoms with Crippen molar-refractivity contribution in [2.45, 2.75) is 179 Å². The third-order valence-electron chi connectivity index (χ3n) is 8.15. The van der Waals surface area contributed by atoms with Crippen LogP contribution in [0.25, 0.3) is 0 Å².